The number of nitrogens with zero attached hydrogens (tertiary/aromatic N) is 1. The Hall–Kier alpha value is -1.62. The van der Waals surface area contributed by atoms with Gasteiger partial charge in [0.2, 0.25) is 0 Å². The van der Waals surface area contributed by atoms with E-state index in [2.05, 4.69) is 4.98 Å². The third-order valence-corrected chi connectivity index (χ3v) is 3.62. The van der Waals surface area contributed by atoms with Gasteiger partial charge in [0.25, 0.3) is 0 Å². The molecule has 16 heavy (non-hydrogen) atoms. The van der Waals surface area contributed by atoms with Gasteiger partial charge < -0.3 is 10.2 Å². The van der Waals surface area contributed by atoms with Gasteiger partial charge >= 0.3 is 5.97 Å². The number of aromatic nitrogens is 1. The highest BCUT2D eigenvalue weighted by Crippen LogP contribution is 2.32. The molecular formula is C11H11NO3S. The molecule has 0 atom stereocenters. The predicted molar refractivity (Wildman–Crippen MR) is 62.3 cm³/mol. The number of phenols is 1. The second-order valence-electron chi connectivity index (χ2n) is 3.85. The summed E-state index contributed by atoms with van der Waals surface area (Å²) in [6.07, 6.45) is 0. The van der Waals surface area contributed by atoms with Crippen LogP contribution in [0.3, 0.4) is 0 Å². The zero-order valence-corrected chi connectivity index (χ0v) is 9.71. The van der Waals surface area contributed by atoms with Crippen molar-refractivity contribution >= 4 is 27.5 Å². The molecule has 0 aliphatic heterocycles. The van der Waals surface area contributed by atoms with Crippen LogP contribution in [0.4, 0.5) is 0 Å². The lowest BCUT2D eigenvalue weighted by Gasteiger charge is -1.97. The zero-order chi connectivity index (χ0) is 11.9. The number of aromatic carboxylic acids is 1. The number of hydrogen-bond acceptors (Lipinski definition) is 4. The molecule has 0 radical (unpaired) electrons. The van der Waals surface area contributed by atoms with E-state index in [1.54, 1.807) is 0 Å². The zero-order valence-electron chi connectivity index (χ0n) is 8.89. The van der Waals surface area contributed by atoms with Crippen LogP contribution in [0.2, 0.25) is 0 Å². The molecule has 84 valence electrons. The van der Waals surface area contributed by atoms with Crippen molar-refractivity contribution < 1.29 is 15.0 Å². The number of aromatic hydroxyl groups is 1. The van der Waals surface area contributed by atoms with Gasteiger partial charge in [0.15, 0.2) is 0 Å². The van der Waals surface area contributed by atoms with Crippen LogP contribution >= 0.6 is 11.3 Å². The summed E-state index contributed by atoms with van der Waals surface area (Å²) in [5, 5.41) is 19.3. The third-order valence-electron chi connectivity index (χ3n) is 2.22. The lowest BCUT2D eigenvalue weighted by Crippen LogP contribution is -1.95. The summed E-state index contributed by atoms with van der Waals surface area (Å²) in [4.78, 5) is 15.3. The Bertz CT molecular complexity index is 560. The molecule has 0 saturated carbocycles. The summed E-state index contributed by atoms with van der Waals surface area (Å²) in [6, 6.07) is 2.75. The highest BCUT2D eigenvalue weighted by atomic mass is 32.1. The van der Waals surface area contributed by atoms with E-state index < -0.39 is 5.97 Å². The Kier molecular flexibility index (Phi) is 2.55. The molecule has 1 heterocycles. The van der Waals surface area contributed by atoms with Crippen LogP contribution in [-0.4, -0.2) is 21.2 Å². The van der Waals surface area contributed by atoms with Crippen molar-refractivity contribution in [2.45, 2.75) is 19.8 Å². The summed E-state index contributed by atoms with van der Waals surface area (Å²) < 4.78 is 0.619. The Morgan fingerprint density at radius 1 is 1.44 bits per heavy atom. The van der Waals surface area contributed by atoms with Gasteiger partial charge in [-0.25, -0.2) is 9.78 Å². The fraction of sp³-hybridized carbons (Fsp3) is 0.273. The van der Waals surface area contributed by atoms with Crippen molar-refractivity contribution in [2.24, 2.45) is 0 Å². The molecule has 2 aromatic rings. The lowest BCUT2D eigenvalue weighted by molar-refractivity contribution is 0.0699. The minimum absolute atomic E-state index is 0.0643. The van der Waals surface area contributed by atoms with Crippen molar-refractivity contribution in [2.75, 3.05) is 0 Å². The van der Waals surface area contributed by atoms with E-state index in [0.29, 0.717) is 10.2 Å². The first-order chi connectivity index (χ1) is 7.49. The number of carbonyl (C=O) groups is 1. The number of rotatable bonds is 2. The normalized spacial score (nSPS) is 11.2. The maximum Gasteiger partial charge on any atom is 0.337 e. The minimum Gasteiger partial charge on any atom is -0.508 e. The maximum atomic E-state index is 11.0. The average Bonchev–Trinajstić information content (AvgIpc) is 2.59. The van der Waals surface area contributed by atoms with Gasteiger partial charge in [-0.3, -0.25) is 0 Å². The molecule has 0 aliphatic carbocycles. The van der Waals surface area contributed by atoms with Crippen molar-refractivity contribution in [1.82, 2.24) is 4.98 Å². The van der Waals surface area contributed by atoms with Crippen molar-refractivity contribution in [3.8, 4) is 5.75 Å². The molecule has 2 N–H and O–H groups in total. The number of carboxylic acid groups (broad SMARTS) is 1. The molecule has 1 aromatic carbocycles. The number of thiazole rings is 1. The van der Waals surface area contributed by atoms with Crippen LogP contribution in [0.25, 0.3) is 10.2 Å². The van der Waals surface area contributed by atoms with E-state index in [0.717, 1.165) is 5.01 Å². The second-order valence-corrected chi connectivity index (χ2v) is 4.88. The molecule has 0 bridgehead atoms. The Morgan fingerprint density at radius 3 is 2.69 bits per heavy atom. The molecule has 0 fully saturated rings. The van der Waals surface area contributed by atoms with E-state index in [1.165, 1.54) is 23.5 Å². The first-order valence-electron chi connectivity index (χ1n) is 4.85. The summed E-state index contributed by atoms with van der Waals surface area (Å²) in [5.41, 5.74) is 0.658. The highest BCUT2D eigenvalue weighted by Gasteiger charge is 2.16. The smallest absolute Gasteiger partial charge is 0.337 e. The molecule has 2 rings (SSSR count). The topological polar surface area (TPSA) is 70.4 Å². The summed E-state index contributed by atoms with van der Waals surface area (Å²) in [7, 11) is 0. The Morgan fingerprint density at radius 2 is 2.12 bits per heavy atom. The highest BCUT2D eigenvalue weighted by molar-refractivity contribution is 7.19. The van der Waals surface area contributed by atoms with Gasteiger partial charge in [0.1, 0.15) is 5.75 Å². The molecule has 4 nitrogen and oxygen atoms in total. The largest absolute Gasteiger partial charge is 0.508 e. The van der Waals surface area contributed by atoms with Gasteiger partial charge in [-0.2, -0.15) is 0 Å². The Labute approximate surface area is 96.2 Å². The quantitative estimate of drug-likeness (QED) is 0.842. The van der Waals surface area contributed by atoms with Crippen LogP contribution in [-0.2, 0) is 0 Å². The molecule has 1 aromatic heterocycles. The molecule has 0 aliphatic rings. The molecular weight excluding hydrogens is 226 g/mol. The Balaban J connectivity index is 2.75. The van der Waals surface area contributed by atoms with E-state index in [1.807, 2.05) is 13.8 Å². The number of benzene rings is 1. The number of fused-ring (bicyclic) bond motifs is 1. The monoisotopic (exact) mass is 237 g/mol. The SMILES string of the molecule is CC(C)c1nc2cc(O)cc(C(=O)O)c2s1. The third kappa shape index (κ3) is 1.74. The standard InChI is InChI=1S/C11H11NO3S/c1-5(2)10-12-8-4-6(13)3-7(11(14)15)9(8)16-10/h3-5,13H,1-2H3,(H,14,15). The van der Waals surface area contributed by atoms with Gasteiger partial charge in [0, 0.05) is 12.0 Å². The number of hydrogen-bond donors (Lipinski definition) is 2. The van der Waals surface area contributed by atoms with Crippen LogP contribution in [0.15, 0.2) is 12.1 Å². The molecule has 0 amide bonds. The molecule has 0 unspecified atom stereocenters. The van der Waals surface area contributed by atoms with Crippen LogP contribution in [0, 0.1) is 0 Å². The van der Waals surface area contributed by atoms with E-state index in [4.69, 9.17) is 5.11 Å². The summed E-state index contributed by atoms with van der Waals surface area (Å²) in [5.74, 6) is -0.855. The molecule has 0 spiro atoms. The molecule has 5 heteroatoms. The van der Waals surface area contributed by atoms with Crippen molar-refractivity contribution in [1.29, 1.82) is 0 Å². The summed E-state index contributed by atoms with van der Waals surface area (Å²) >= 11 is 1.37. The van der Waals surface area contributed by atoms with E-state index >= 15 is 0 Å². The van der Waals surface area contributed by atoms with Gasteiger partial charge in [-0.1, -0.05) is 13.8 Å². The van der Waals surface area contributed by atoms with Crippen molar-refractivity contribution in [3.63, 3.8) is 0 Å². The van der Waals surface area contributed by atoms with E-state index in [9.17, 15) is 9.90 Å². The van der Waals surface area contributed by atoms with Gasteiger partial charge in [0.05, 0.1) is 20.8 Å². The van der Waals surface area contributed by atoms with Gasteiger partial charge in [-0.05, 0) is 6.07 Å². The first-order valence-corrected chi connectivity index (χ1v) is 5.67. The van der Waals surface area contributed by atoms with Gasteiger partial charge in [-0.15, -0.1) is 11.3 Å². The number of carboxylic acids is 1. The second kappa shape index (κ2) is 3.75. The lowest BCUT2D eigenvalue weighted by atomic mass is 10.2. The van der Waals surface area contributed by atoms with Crippen LogP contribution < -0.4 is 0 Å². The fourth-order valence-corrected chi connectivity index (χ4v) is 2.50. The van der Waals surface area contributed by atoms with Crippen LogP contribution in [0.5, 0.6) is 5.75 Å². The minimum atomic E-state index is -1.04. The van der Waals surface area contributed by atoms with E-state index in [-0.39, 0.29) is 17.2 Å². The fourth-order valence-electron chi connectivity index (χ4n) is 1.44. The predicted octanol–water partition coefficient (Wildman–Crippen LogP) is 2.82. The first kappa shape index (κ1) is 10.9. The number of phenolic OH excluding ortho intramolecular Hbond substituents is 1. The average molecular weight is 237 g/mol. The summed E-state index contributed by atoms with van der Waals surface area (Å²) in [6.45, 7) is 4.00. The maximum absolute atomic E-state index is 11.0. The van der Waals surface area contributed by atoms with Crippen LogP contribution in [0.1, 0.15) is 35.1 Å². The molecule has 0 saturated heterocycles. The van der Waals surface area contributed by atoms with Crippen molar-refractivity contribution in [3.05, 3.63) is 22.7 Å².